The van der Waals surface area contributed by atoms with Crippen LogP contribution in [0, 0.1) is 0 Å². The van der Waals surface area contributed by atoms with E-state index in [4.69, 9.17) is 9.47 Å². The summed E-state index contributed by atoms with van der Waals surface area (Å²) in [5.74, 6) is 0.361. The highest BCUT2D eigenvalue weighted by atomic mass is 79.9. The van der Waals surface area contributed by atoms with Crippen molar-refractivity contribution < 1.29 is 19.4 Å². The molecule has 7 heteroatoms. The Kier molecular flexibility index (Phi) is 7.17. The summed E-state index contributed by atoms with van der Waals surface area (Å²) in [4.78, 5) is 15.1. The molecule has 0 fully saturated rings. The third kappa shape index (κ3) is 4.92. The molecule has 0 aliphatic carbocycles. The number of aliphatic carboxylic acids is 1. The maximum atomic E-state index is 11.9. The fourth-order valence-electron chi connectivity index (χ4n) is 3.26. The number of carbonyl (C=O) groups is 1. The fourth-order valence-corrected chi connectivity index (χ4v) is 3.72. The van der Waals surface area contributed by atoms with Gasteiger partial charge in [0.25, 0.3) is 0 Å². The predicted molar refractivity (Wildman–Crippen MR) is 117 cm³/mol. The van der Waals surface area contributed by atoms with Gasteiger partial charge in [0.2, 0.25) is 0 Å². The standard InChI is InChI=1S/C22H25BrN2O4/c1-3-10-29-21-16(17(23)8-9-20(21)28-2)13-25-19(22(26)27)11-14-12-24-18-7-5-4-6-15(14)18/h4-9,12,19,24-25H,3,10-11,13H2,1-2H3,(H,26,27). The van der Waals surface area contributed by atoms with Gasteiger partial charge < -0.3 is 19.6 Å². The summed E-state index contributed by atoms with van der Waals surface area (Å²) in [7, 11) is 1.59. The molecule has 1 heterocycles. The molecule has 1 aromatic heterocycles. The van der Waals surface area contributed by atoms with Crippen LogP contribution >= 0.6 is 15.9 Å². The second-order valence-corrected chi connectivity index (χ2v) is 7.60. The van der Waals surface area contributed by atoms with Crippen LogP contribution in [0.5, 0.6) is 11.5 Å². The van der Waals surface area contributed by atoms with Gasteiger partial charge in [-0.05, 0) is 30.2 Å². The van der Waals surface area contributed by atoms with Crippen LogP contribution in [0.3, 0.4) is 0 Å². The highest BCUT2D eigenvalue weighted by molar-refractivity contribution is 9.10. The van der Waals surface area contributed by atoms with Crippen molar-refractivity contribution in [3.63, 3.8) is 0 Å². The molecule has 3 N–H and O–H groups in total. The smallest absolute Gasteiger partial charge is 0.321 e. The zero-order valence-electron chi connectivity index (χ0n) is 16.5. The van der Waals surface area contributed by atoms with Crippen LogP contribution < -0.4 is 14.8 Å². The van der Waals surface area contributed by atoms with Crippen molar-refractivity contribution in [2.75, 3.05) is 13.7 Å². The van der Waals surface area contributed by atoms with Crippen LogP contribution in [0.25, 0.3) is 10.9 Å². The van der Waals surface area contributed by atoms with E-state index >= 15 is 0 Å². The molecule has 3 aromatic rings. The van der Waals surface area contributed by atoms with Gasteiger partial charge in [-0.2, -0.15) is 0 Å². The lowest BCUT2D eigenvalue weighted by Gasteiger charge is -2.19. The number of benzene rings is 2. The van der Waals surface area contributed by atoms with E-state index in [0.29, 0.717) is 31.1 Å². The number of halogens is 1. The molecular formula is C22H25BrN2O4. The Morgan fingerprint density at radius 3 is 2.79 bits per heavy atom. The molecule has 29 heavy (non-hydrogen) atoms. The van der Waals surface area contributed by atoms with Gasteiger partial charge >= 0.3 is 5.97 Å². The average Bonchev–Trinajstić information content (AvgIpc) is 3.13. The number of hydrogen-bond donors (Lipinski definition) is 3. The van der Waals surface area contributed by atoms with E-state index < -0.39 is 12.0 Å². The van der Waals surface area contributed by atoms with Gasteiger partial charge in [0.05, 0.1) is 13.7 Å². The topological polar surface area (TPSA) is 83.6 Å². The molecule has 0 saturated heterocycles. The van der Waals surface area contributed by atoms with Crippen LogP contribution in [-0.4, -0.2) is 35.8 Å². The average molecular weight is 461 g/mol. The van der Waals surface area contributed by atoms with Crippen molar-refractivity contribution in [2.24, 2.45) is 0 Å². The highest BCUT2D eigenvalue weighted by Crippen LogP contribution is 2.36. The number of methoxy groups -OCH3 is 1. The van der Waals surface area contributed by atoms with Gasteiger partial charge in [-0.25, -0.2) is 0 Å². The van der Waals surface area contributed by atoms with E-state index in [1.807, 2.05) is 49.5 Å². The van der Waals surface area contributed by atoms with E-state index in [2.05, 4.69) is 26.2 Å². The lowest BCUT2D eigenvalue weighted by molar-refractivity contribution is -0.139. The Morgan fingerprint density at radius 2 is 2.07 bits per heavy atom. The van der Waals surface area contributed by atoms with Crippen LogP contribution in [-0.2, 0) is 17.8 Å². The first-order valence-corrected chi connectivity index (χ1v) is 10.3. The molecule has 0 spiro atoms. The Hall–Kier alpha value is -2.51. The molecule has 0 saturated carbocycles. The molecule has 1 atom stereocenters. The number of aromatic amines is 1. The first-order valence-electron chi connectivity index (χ1n) is 9.54. The second-order valence-electron chi connectivity index (χ2n) is 6.74. The minimum atomic E-state index is -0.898. The lowest BCUT2D eigenvalue weighted by Crippen LogP contribution is -2.38. The third-order valence-corrected chi connectivity index (χ3v) is 5.50. The molecule has 0 bridgehead atoms. The van der Waals surface area contributed by atoms with Gasteiger partial charge in [0.15, 0.2) is 11.5 Å². The van der Waals surface area contributed by atoms with E-state index in [0.717, 1.165) is 32.9 Å². The zero-order valence-corrected chi connectivity index (χ0v) is 18.1. The van der Waals surface area contributed by atoms with Crippen molar-refractivity contribution in [3.8, 4) is 11.5 Å². The molecule has 1 unspecified atom stereocenters. The normalized spacial score (nSPS) is 12.1. The van der Waals surface area contributed by atoms with Gasteiger partial charge in [0, 0.05) is 40.1 Å². The molecule has 0 aliphatic heterocycles. The van der Waals surface area contributed by atoms with Crippen molar-refractivity contribution in [3.05, 3.63) is 58.2 Å². The summed E-state index contributed by atoms with van der Waals surface area (Å²) in [5.41, 5.74) is 2.80. The largest absolute Gasteiger partial charge is 0.493 e. The predicted octanol–water partition coefficient (Wildman–Crippen LogP) is 4.51. The number of para-hydroxylation sites is 1. The van der Waals surface area contributed by atoms with E-state index in [1.165, 1.54) is 0 Å². The van der Waals surface area contributed by atoms with Crippen LogP contribution in [0.1, 0.15) is 24.5 Å². The molecule has 0 radical (unpaired) electrons. The third-order valence-electron chi connectivity index (χ3n) is 4.76. The number of H-pyrrole nitrogens is 1. The van der Waals surface area contributed by atoms with Crippen LogP contribution in [0.15, 0.2) is 47.1 Å². The molecule has 3 rings (SSSR count). The summed E-state index contributed by atoms with van der Waals surface area (Å²) in [6, 6.07) is 10.8. The number of hydrogen-bond acceptors (Lipinski definition) is 4. The number of rotatable bonds is 10. The lowest BCUT2D eigenvalue weighted by atomic mass is 10.0. The SMILES string of the molecule is CCCOc1c(OC)ccc(Br)c1CNC(Cc1c[nH]c2ccccc12)C(=O)O. The van der Waals surface area contributed by atoms with Crippen LogP contribution in [0.2, 0.25) is 0 Å². The minimum Gasteiger partial charge on any atom is -0.493 e. The minimum absolute atomic E-state index is 0.330. The molecule has 6 nitrogen and oxygen atoms in total. The van der Waals surface area contributed by atoms with E-state index in [9.17, 15) is 9.90 Å². The fraction of sp³-hybridized carbons (Fsp3) is 0.318. The number of fused-ring (bicyclic) bond motifs is 1. The Labute approximate surface area is 178 Å². The Balaban J connectivity index is 1.81. The monoisotopic (exact) mass is 460 g/mol. The van der Waals surface area contributed by atoms with Crippen molar-refractivity contribution >= 4 is 32.8 Å². The second kappa shape index (κ2) is 9.80. The molecular weight excluding hydrogens is 436 g/mol. The molecule has 2 aromatic carbocycles. The number of nitrogens with one attached hydrogen (secondary N) is 2. The molecule has 154 valence electrons. The van der Waals surface area contributed by atoms with E-state index in [-0.39, 0.29) is 0 Å². The Morgan fingerprint density at radius 1 is 1.28 bits per heavy atom. The molecule has 0 aliphatic rings. The number of ether oxygens (including phenoxy) is 2. The quantitative estimate of drug-likeness (QED) is 0.414. The number of carboxylic acids is 1. The van der Waals surface area contributed by atoms with Gasteiger partial charge in [-0.3, -0.25) is 10.1 Å². The summed E-state index contributed by atoms with van der Waals surface area (Å²) >= 11 is 3.55. The van der Waals surface area contributed by atoms with Crippen molar-refractivity contribution in [2.45, 2.75) is 32.4 Å². The number of carboxylic acid groups (broad SMARTS) is 1. The summed E-state index contributed by atoms with van der Waals surface area (Å²) in [6.07, 6.45) is 3.10. The van der Waals surface area contributed by atoms with Crippen molar-refractivity contribution in [1.29, 1.82) is 0 Å². The summed E-state index contributed by atoms with van der Waals surface area (Å²) in [5, 5.41) is 14.0. The van der Waals surface area contributed by atoms with Gasteiger partial charge in [-0.1, -0.05) is 41.1 Å². The summed E-state index contributed by atoms with van der Waals surface area (Å²) < 4.78 is 12.2. The Bertz CT molecular complexity index is 986. The zero-order chi connectivity index (χ0) is 20.8. The first-order chi connectivity index (χ1) is 14.0. The first kappa shape index (κ1) is 21.2. The van der Waals surface area contributed by atoms with Crippen LogP contribution in [0.4, 0.5) is 0 Å². The number of aromatic nitrogens is 1. The van der Waals surface area contributed by atoms with Gasteiger partial charge in [-0.15, -0.1) is 0 Å². The highest BCUT2D eigenvalue weighted by Gasteiger charge is 2.22. The maximum Gasteiger partial charge on any atom is 0.321 e. The maximum absolute atomic E-state index is 11.9. The van der Waals surface area contributed by atoms with E-state index in [1.54, 1.807) is 7.11 Å². The van der Waals surface area contributed by atoms with Crippen molar-refractivity contribution in [1.82, 2.24) is 10.3 Å². The summed E-state index contributed by atoms with van der Waals surface area (Å²) in [6.45, 7) is 2.91. The molecule has 0 amide bonds. The van der Waals surface area contributed by atoms with Gasteiger partial charge in [0.1, 0.15) is 6.04 Å².